The van der Waals surface area contributed by atoms with Gasteiger partial charge >= 0.3 is 0 Å². The van der Waals surface area contributed by atoms with Crippen LogP contribution in [0, 0.1) is 0 Å². The third kappa shape index (κ3) is 3.30. The van der Waals surface area contributed by atoms with Crippen molar-refractivity contribution in [3.8, 4) is 0 Å². The van der Waals surface area contributed by atoms with Crippen molar-refractivity contribution in [3.63, 3.8) is 0 Å². The second-order valence-electron chi connectivity index (χ2n) is 6.33. The van der Waals surface area contributed by atoms with E-state index < -0.39 is 0 Å². The maximum Gasteiger partial charge on any atom is 0.154 e. The molecular formula is C19H21N5O. The zero-order valence-corrected chi connectivity index (χ0v) is 14.3. The normalized spacial score (nSPS) is 17.8. The van der Waals surface area contributed by atoms with Crippen molar-refractivity contribution in [2.75, 3.05) is 25.1 Å². The number of methoxy groups -OCH3 is 1. The zero-order valence-electron chi connectivity index (χ0n) is 14.3. The highest BCUT2D eigenvalue weighted by Gasteiger charge is 2.24. The van der Waals surface area contributed by atoms with E-state index in [1.807, 2.05) is 30.5 Å². The van der Waals surface area contributed by atoms with Crippen molar-refractivity contribution in [3.05, 3.63) is 54.4 Å². The van der Waals surface area contributed by atoms with Gasteiger partial charge in [0, 0.05) is 43.4 Å². The Balaban J connectivity index is 1.61. The van der Waals surface area contributed by atoms with Crippen LogP contribution in [0.3, 0.4) is 0 Å². The van der Waals surface area contributed by atoms with E-state index in [0.717, 1.165) is 54.2 Å². The molecule has 0 N–H and O–H groups in total. The van der Waals surface area contributed by atoms with Crippen LogP contribution in [0.5, 0.6) is 0 Å². The fourth-order valence-electron chi connectivity index (χ4n) is 3.49. The summed E-state index contributed by atoms with van der Waals surface area (Å²) in [4.78, 5) is 20.3. The lowest BCUT2D eigenvalue weighted by Crippen LogP contribution is -2.35. The maximum absolute atomic E-state index is 5.16. The van der Waals surface area contributed by atoms with Gasteiger partial charge in [-0.05, 0) is 31.0 Å². The number of para-hydroxylation sites is 1. The summed E-state index contributed by atoms with van der Waals surface area (Å²) in [5, 5.41) is 1.11. The van der Waals surface area contributed by atoms with Crippen molar-refractivity contribution < 1.29 is 4.74 Å². The van der Waals surface area contributed by atoms with E-state index in [0.29, 0.717) is 12.5 Å². The number of nitrogens with zero attached hydrogens (tertiary/aromatic N) is 5. The van der Waals surface area contributed by atoms with Crippen molar-refractivity contribution in [1.29, 1.82) is 0 Å². The summed E-state index contributed by atoms with van der Waals surface area (Å²) >= 11 is 0. The van der Waals surface area contributed by atoms with Crippen LogP contribution in [-0.4, -0.2) is 40.1 Å². The molecule has 0 bridgehead atoms. The predicted molar refractivity (Wildman–Crippen MR) is 96.5 cm³/mol. The smallest absolute Gasteiger partial charge is 0.154 e. The van der Waals surface area contributed by atoms with E-state index in [2.05, 4.69) is 30.9 Å². The molecule has 128 valence electrons. The average molecular weight is 335 g/mol. The summed E-state index contributed by atoms with van der Waals surface area (Å²) in [5.74, 6) is 2.13. The molecule has 25 heavy (non-hydrogen) atoms. The highest BCUT2D eigenvalue weighted by atomic mass is 16.5. The maximum atomic E-state index is 5.16. The summed E-state index contributed by atoms with van der Waals surface area (Å²) in [6.07, 6.45) is 5.73. The number of benzene rings is 1. The van der Waals surface area contributed by atoms with Gasteiger partial charge in [0.2, 0.25) is 0 Å². The summed E-state index contributed by atoms with van der Waals surface area (Å²) < 4.78 is 5.16. The average Bonchev–Trinajstić information content (AvgIpc) is 2.68. The second kappa shape index (κ2) is 7.11. The second-order valence-corrected chi connectivity index (χ2v) is 6.33. The van der Waals surface area contributed by atoms with Gasteiger partial charge in [0.1, 0.15) is 18.8 Å². The Bertz CT molecular complexity index is 864. The van der Waals surface area contributed by atoms with Crippen LogP contribution in [0.15, 0.2) is 42.9 Å². The van der Waals surface area contributed by atoms with E-state index in [1.54, 1.807) is 13.4 Å². The minimum Gasteiger partial charge on any atom is -0.377 e. The molecule has 1 aromatic carbocycles. The van der Waals surface area contributed by atoms with Gasteiger partial charge in [0.15, 0.2) is 5.82 Å². The largest absolute Gasteiger partial charge is 0.377 e. The van der Waals surface area contributed by atoms with Crippen LogP contribution in [0.4, 0.5) is 5.82 Å². The SMILES string of the molecule is COCc1nccc([C@H]2CCCN(c3ncnc4ccccc34)C2)n1. The molecule has 6 nitrogen and oxygen atoms in total. The van der Waals surface area contributed by atoms with Crippen LogP contribution in [0.1, 0.15) is 30.3 Å². The minimum atomic E-state index is 0.376. The number of rotatable bonds is 4. The molecule has 3 aromatic rings. The predicted octanol–water partition coefficient (Wildman–Crippen LogP) is 2.95. The molecule has 0 aliphatic carbocycles. The molecule has 0 spiro atoms. The monoisotopic (exact) mass is 335 g/mol. The molecule has 4 rings (SSSR count). The lowest BCUT2D eigenvalue weighted by molar-refractivity contribution is 0.177. The number of anilines is 1. The molecule has 1 atom stereocenters. The Labute approximate surface area is 146 Å². The lowest BCUT2D eigenvalue weighted by atomic mass is 9.94. The van der Waals surface area contributed by atoms with Gasteiger partial charge in [-0.25, -0.2) is 19.9 Å². The Hall–Kier alpha value is -2.60. The van der Waals surface area contributed by atoms with Crippen LogP contribution in [0.25, 0.3) is 10.9 Å². The fourth-order valence-corrected chi connectivity index (χ4v) is 3.49. The van der Waals surface area contributed by atoms with Crippen molar-refractivity contribution in [2.45, 2.75) is 25.4 Å². The molecule has 6 heteroatoms. The standard InChI is InChI=1S/C19H21N5O/c1-25-12-18-20-9-8-16(23-18)14-5-4-10-24(11-14)19-15-6-2-3-7-17(15)21-13-22-19/h2-3,6-9,13-14H,4-5,10-12H2,1H3/t14-/m0/s1. The van der Waals surface area contributed by atoms with Gasteiger partial charge in [0.25, 0.3) is 0 Å². The number of aromatic nitrogens is 4. The van der Waals surface area contributed by atoms with E-state index in [1.165, 1.54) is 0 Å². The fraction of sp³-hybridized carbons (Fsp3) is 0.368. The zero-order chi connectivity index (χ0) is 17.1. The number of hydrogen-bond acceptors (Lipinski definition) is 6. The molecule has 0 unspecified atom stereocenters. The Morgan fingerprint density at radius 2 is 2.08 bits per heavy atom. The molecule has 1 aliphatic rings. The van der Waals surface area contributed by atoms with E-state index in [9.17, 15) is 0 Å². The third-order valence-corrected chi connectivity index (χ3v) is 4.66. The first-order valence-electron chi connectivity index (χ1n) is 8.60. The van der Waals surface area contributed by atoms with E-state index >= 15 is 0 Å². The molecule has 0 saturated carbocycles. The molecule has 3 heterocycles. The van der Waals surface area contributed by atoms with Crippen LogP contribution < -0.4 is 4.90 Å². The van der Waals surface area contributed by atoms with Gasteiger partial charge in [-0.1, -0.05) is 12.1 Å². The third-order valence-electron chi connectivity index (χ3n) is 4.66. The van der Waals surface area contributed by atoms with Crippen LogP contribution in [0.2, 0.25) is 0 Å². The summed E-state index contributed by atoms with van der Waals surface area (Å²) in [6.45, 7) is 2.36. The molecule has 0 amide bonds. The number of hydrogen-bond donors (Lipinski definition) is 0. The first-order chi connectivity index (χ1) is 12.3. The van der Waals surface area contributed by atoms with Crippen LogP contribution in [-0.2, 0) is 11.3 Å². The molecule has 1 fully saturated rings. The first kappa shape index (κ1) is 15.9. The first-order valence-corrected chi connectivity index (χ1v) is 8.60. The van der Waals surface area contributed by atoms with Crippen LogP contribution >= 0.6 is 0 Å². The van der Waals surface area contributed by atoms with Gasteiger partial charge < -0.3 is 9.64 Å². The number of piperidine rings is 1. The van der Waals surface area contributed by atoms with E-state index in [-0.39, 0.29) is 0 Å². The highest BCUT2D eigenvalue weighted by Crippen LogP contribution is 2.31. The van der Waals surface area contributed by atoms with Crippen molar-refractivity contribution in [2.24, 2.45) is 0 Å². The highest BCUT2D eigenvalue weighted by molar-refractivity contribution is 5.89. The summed E-state index contributed by atoms with van der Waals surface area (Å²) in [6, 6.07) is 10.2. The molecule has 0 radical (unpaired) electrons. The number of fused-ring (bicyclic) bond motifs is 1. The molecule has 2 aromatic heterocycles. The topological polar surface area (TPSA) is 64.0 Å². The van der Waals surface area contributed by atoms with Crippen molar-refractivity contribution >= 4 is 16.7 Å². The molecular weight excluding hydrogens is 314 g/mol. The quantitative estimate of drug-likeness (QED) is 0.730. The van der Waals surface area contributed by atoms with Gasteiger partial charge in [-0.3, -0.25) is 0 Å². The lowest BCUT2D eigenvalue weighted by Gasteiger charge is -2.33. The van der Waals surface area contributed by atoms with Gasteiger partial charge in [-0.2, -0.15) is 0 Å². The van der Waals surface area contributed by atoms with Gasteiger partial charge in [0.05, 0.1) is 5.52 Å². The van der Waals surface area contributed by atoms with Gasteiger partial charge in [-0.15, -0.1) is 0 Å². The Morgan fingerprint density at radius 1 is 1.16 bits per heavy atom. The molecule has 1 aliphatic heterocycles. The number of ether oxygens (including phenoxy) is 1. The summed E-state index contributed by atoms with van der Waals surface area (Å²) in [7, 11) is 1.67. The molecule has 1 saturated heterocycles. The Morgan fingerprint density at radius 3 is 3.00 bits per heavy atom. The van der Waals surface area contributed by atoms with E-state index in [4.69, 9.17) is 4.74 Å². The summed E-state index contributed by atoms with van der Waals surface area (Å²) in [5.41, 5.74) is 2.07. The minimum absolute atomic E-state index is 0.376. The van der Waals surface area contributed by atoms with Crippen molar-refractivity contribution in [1.82, 2.24) is 19.9 Å². The Kier molecular flexibility index (Phi) is 4.52.